The Morgan fingerprint density at radius 3 is 2.74 bits per heavy atom. The minimum absolute atomic E-state index is 0.0366. The molecule has 1 aliphatic carbocycles. The van der Waals surface area contributed by atoms with E-state index in [0.717, 1.165) is 12.1 Å². The summed E-state index contributed by atoms with van der Waals surface area (Å²) in [6, 6.07) is 14.5. The van der Waals surface area contributed by atoms with Crippen LogP contribution in [0.2, 0.25) is 0 Å². The molecule has 1 aliphatic rings. The molecule has 3 heteroatoms. The van der Waals surface area contributed by atoms with E-state index < -0.39 is 0 Å². The first-order chi connectivity index (χ1) is 9.28. The van der Waals surface area contributed by atoms with E-state index in [1.54, 1.807) is 0 Å². The zero-order chi connectivity index (χ0) is 13.2. The summed E-state index contributed by atoms with van der Waals surface area (Å²) in [5.74, 6) is 0.313. The van der Waals surface area contributed by atoms with Crippen LogP contribution < -0.4 is 5.32 Å². The maximum absolute atomic E-state index is 11.5. The van der Waals surface area contributed by atoms with Crippen molar-refractivity contribution in [2.45, 2.75) is 12.8 Å². The SMILES string of the molecule is O=C(CCCl)Nc1ccc2c(c1)Cc1ccccc1-2. The van der Waals surface area contributed by atoms with Gasteiger partial charge in [-0.05, 0) is 40.8 Å². The van der Waals surface area contributed by atoms with Crippen molar-refractivity contribution >= 4 is 23.2 Å². The first-order valence-corrected chi connectivity index (χ1v) is 6.88. The molecule has 2 aromatic rings. The molecule has 0 aromatic heterocycles. The molecule has 2 nitrogen and oxygen atoms in total. The summed E-state index contributed by atoms with van der Waals surface area (Å²) >= 11 is 5.56. The third-order valence-corrected chi connectivity index (χ3v) is 3.59. The van der Waals surface area contributed by atoms with Gasteiger partial charge in [0.2, 0.25) is 5.91 Å². The number of hydrogen-bond acceptors (Lipinski definition) is 1. The van der Waals surface area contributed by atoms with Crippen molar-refractivity contribution in [3.8, 4) is 11.1 Å². The van der Waals surface area contributed by atoms with Gasteiger partial charge in [0.15, 0.2) is 0 Å². The third-order valence-electron chi connectivity index (χ3n) is 3.40. The van der Waals surface area contributed by atoms with Gasteiger partial charge in [0.1, 0.15) is 0 Å². The summed E-state index contributed by atoms with van der Waals surface area (Å²) in [5, 5.41) is 2.88. The lowest BCUT2D eigenvalue weighted by Crippen LogP contribution is -2.11. The molecule has 1 N–H and O–H groups in total. The highest BCUT2D eigenvalue weighted by atomic mass is 35.5. The number of halogens is 1. The van der Waals surface area contributed by atoms with Crippen LogP contribution in [0.25, 0.3) is 11.1 Å². The Morgan fingerprint density at radius 2 is 1.89 bits per heavy atom. The fourth-order valence-electron chi connectivity index (χ4n) is 2.53. The van der Waals surface area contributed by atoms with Crippen LogP contribution in [0.3, 0.4) is 0 Å². The van der Waals surface area contributed by atoms with Crippen LogP contribution in [0.1, 0.15) is 17.5 Å². The molecule has 0 unspecified atom stereocenters. The number of hydrogen-bond donors (Lipinski definition) is 1. The standard InChI is InChI=1S/C16H14ClNO/c17-8-7-16(19)18-13-5-6-15-12(10-13)9-11-3-1-2-4-14(11)15/h1-6,10H,7-9H2,(H,18,19). The predicted molar refractivity (Wildman–Crippen MR) is 78.7 cm³/mol. The van der Waals surface area contributed by atoms with Gasteiger partial charge < -0.3 is 5.32 Å². The van der Waals surface area contributed by atoms with E-state index in [4.69, 9.17) is 11.6 Å². The predicted octanol–water partition coefficient (Wildman–Crippen LogP) is 3.83. The molecule has 3 rings (SSSR count). The highest BCUT2D eigenvalue weighted by molar-refractivity contribution is 6.19. The number of alkyl halides is 1. The van der Waals surface area contributed by atoms with Crippen LogP contribution in [0.15, 0.2) is 42.5 Å². The smallest absolute Gasteiger partial charge is 0.225 e. The molecule has 0 radical (unpaired) electrons. The Labute approximate surface area is 117 Å². The van der Waals surface area contributed by atoms with E-state index in [0.29, 0.717) is 12.3 Å². The van der Waals surface area contributed by atoms with Crippen molar-refractivity contribution in [1.82, 2.24) is 0 Å². The lowest BCUT2D eigenvalue weighted by molar-refractivity contribution is -0.115. The molecule has 0 spiro atoms. The molecule has 96 valence electrons. The Morgan fingerprint density at radius 1 is 1.11 bits per heavy atom. The van der Waals surface area contributed by atoms with E-state index in [9.17, 15) is 4.79 Å². The van der Waals surface area contributed by atoms with Crippen molar-refractivity contribution < 1.29 is 4.79 Å². The van der Waals surface area contributed by atoms with Crippen LogP contribution in [-0.2, 0) is 11.2 Å². The zero-order valence-electron chi connectivity index (χ0n) is 10.4. The molecular formula is C16H14ClNO. The number of carbonyl (C=O) groups excluding carboxylic acids is 1. The summed E-state index contributed by atoms with van der Waals surface area (Å²) in [6.45, 7) is 0. The Kier molecular flexibility index (Phi) is 3.26. The number of benzene rings is 2. The minimum atomic E-state index is -0.0366. The zero-order valence-corrected chi connectivity index (χ0v) is 11.2. The minimum Gasteiger partial charge on any atom is -0.326 e. The van der Waals surface area contributed by atoms with E-state index in [-0.39, 0.29) is 5.91 Å². The van der Waals surface area contributed by atoms with Crippen LogP contribution in [0.4, 0.5) is 5.69 Å². The Hall–Kier alpha value is -1.80. The van der Waals surface area contributed by atoms with Gasteiger partial charge in [0, 0.05) is 18.0 Å². The number of nitrogens with one attached hydrogen (secondary N) is 1. The molecular weight excluding hydrogens is 258 g/mol. The van der Waals surface area contributed by atoms with Crippen molar-refractivity contribution in [3.05, 3.63) is 53.6 Å². The molecule has 1 amide bonds. The maximum atomic E-state index is 11.5. The van der Waals surface area contributed by atoms with Crippen molar-refractivity contribution in [1.29, 1.82) is 0 Å². The van der Waals surface area contributed by atoms with Gasteiger partial charge in [-0.25, -0.2) is 0 Å². The maximum Gasteiger partial charge on any atom is 0.225 e. The van der Waals surface area contributed by atoms with E-state index in [2.05, 4.69) is 41.7 Å². The first kappa shape index (κ1) is 12.2. The van der Waals surface area contributed by atoms with E-state index in [1.807, 2.05) is 6.07 Å². The summed E-state index contributed by atoms with van der Waals surface area (Å²) in [6.07, 6.45) is 1.28. The highest BCUT2D eigenvalue weighted by Crippen LogP contribution is 2.37. The number of amides is 1. The van der Waals surface area contributed by atoms with Crippen molar-refractivity contribution in [2.24, 2.45) is 0 Å². The number of carbonyl (C=O) groups is 1. The van der Waals surface area contributed by atoms with Crippen molar-refractivity contribution in [3.63, 3.8) is 0 Å². The van der Waals surface area contributed by atoms with E-state index in [1.165, 1.54) is 22.3 Å². The van der Waals surface area contributed by atoms with Gasteiger partial charge in [0.25, 0.3) is 0 Å². The fourth-order valence-corrected chi connectivity index (χ4v) is 2.70. The summed E-state index contributed by atoms with van der Waals surface area (Å²) in [4.78, 5) is 11.5. The molecule has 0 saturated carbocycles. The molecule has 2 aromatic carbocycles. The van der Waals surface area contributed by atoms with Gasteiger partial charge in [-0.1, -0.05) is 30.3 Å². The molecule has 0 bridgehead atoms. The monoisotopic (exact) mass is 271 g/mol. The second kappa shape index (κ2) is 5.06. The quantitative estimate of drug-likeness (QED) is 0.721. The lowest BCUT2D eigenvalue weighted by Gasteiger charge is -2.07. The van der Waals surface area contributed by atoms with Crippen LogP contribution >= 0.6 is 11.6 Å². The van der Waals surface area contributed by atoms with Crippen LogP contribution in [0, 0.1) is 0 Å². The number of anilines is 1. The Balaban J connectivity index is 1.87. The molecule has 0 heterocycles. The number of fused-ring (bicyclic) bond motifs is 3. The fraction of sp³-hybridized carbons (Fsp3) is 0.188. The lowest BCUT2D eigenvalue weighted by atomic mass is 10.1. The van der Waals surface area contributed by atoms with Crippen LogP contribution in [0.5, 0.6) is 0 Å². The van der Waals surface area contributed by atoms with Gasteiger partial charge in [-0.2, -0.15) is 0 Å². The average Bonchev–Trinajstić information content (AvgIpc) is 2.76. The molecule has 0 saturated heterocycles. The molecule has 0 fully saturated rings. The molecule has 0 atom stereocenters. The Bertz CT molecular complexity index is 636. The van der Waals surface area contributed by atoms with Gasteiger partial charge in [-0.15, -0.1) is 11.6 Å². The average molecular weight is 272 g/mol. The normalized spacial score (nSPS) is 11.8. The third kappa shape index (κ3) is 2.36. The summed E-state index contributed by atoms with van der Waals surface area (Å²) in [7, 11) is 0. The van der Waals surface area contributed by atoms with Gasteiger partial charge in [-0.3, -0.25) is 4.79 Å². The highest BCUT2D eigenvalue weighted by Gasteiger charge is 2.17. The van der Waals surface area contributed by atoms with E-state index >= 15 is 0 Å². The second-order valence-electron chi connectivity index (χ2n) is 4.69. The largest absolute Gasteiger partial charge is 0.326 e. The van der Waals surface area contributed by atoms with Crippen LogP contribution in [-0.4, -0.2) is 11.8 Å². The number of rotatable bonds is 3. The molecule has 0 aliphatic heterocycles. The van der Waals surface area contributed by atoms with Gasteiger partial charge >= 0.3 is 0 Å². The summed E-state index contributed by atoms with van der Waals surface area (Å²) in [5.41, 5.74) is 6.04. The summed E-state index contributed by atoms with van der Waals surface area (Å²) < 4.78 is 0. The van der Waals surface area contributed by atoms with Crippen molar-refractivity contribution in [2.75, 3.05) is 11.2 Å². The topological polar surface area (TPSA) is 29.1 Å². The second-order valence-corrected chi connectivity index (χ2v) is 5.07. The molecule has 19 heavy (non-hydrogen) atoms. The first-order valence-electron chi connectivity index (χ1n) is 6.35. The van der Waals surface area contributed by atoms with Gasteiger partial charge in [0.05, 0.1) is 0 Å².